The number of carbonyl (C=O) groups is 2. The van der Waals surface area contributed by atoms with Crippen molar-refractivity contribution in [3.8, 4) is 0 Å². The van der Waals surface area contributed by atoms with Gasteiger partial charge in [0.15, 0.2) is 9.84 Å². The molecule has 1 N–H and O–H groups in total. The minimum atomic E-state index is -3.41. The first-order chi connectivity index (χ1) is 15.8. The maximum absolute atomic E-state index is 12.6. The SMILES string of the molecule is Cc1ccccc1N1C[C@H](c2nnc(NC(=O)CCS(=O)(=O)Cc3ccccc3)s2)CC1=O. The first-order valence-electron chi connectivity index (χ1n) is 10.5. The van der Waals surface area contributed by atoms with Gasteiger partial charge in [0.05, 0.1) is 11.5 Å². The van der Waals surface area contributed by atoms with Crippen molar-refractivity contribution in [1.29, 1.82) is 0 Å². The number of carbonyl (C=O) groups excluding carboxylic acids is 2. The summed E-state index contributed by atoms with van der Waals surface area (Å²) in [6.45, 7) is 2.47. The van der Waals surface area contributed by atoms with Crippen LogP contribution in [0.5, 0.6) is 0 Å². The van der Waals surface area contributed by atoms with Crippen molar-refractivity contribution in [2.45, 2.75) is 31.4 Å². The van der Waals surface area contributed by atoms with Crippen molar-refractivity contribution < 1.29 is 18.0 Å². The van der Waals surface area contributed by atoms with Gasteiger partial charge in [-0.15, -0.1) is 10.2 Å². The lowest BCUT2D eigenvalue weighted by molar-refractivity contribution is -0.117. The highest BCUT2D eigenvalue weighted by molar-refractivity contribution is 7.90. The van der Waals surface area contributed by atoms with Gasteiger partial charge in [-0.05, 0) is 24.1 Å². The fourth-order valence-corrected chi connectivity index (χ4v) is 5.94. The van der Waals surface area contributed by atoms with Crippen LogP contribution in [0.3, 0.4) is 0 Å². The Bertz CT molecular complexity index is 1260. The van der Waals surface area contributed by atoms with E-state index in [4.69, 9.17) is 0 Å². The lowest BCUT2D eigenvalue weighted by atomic mass is 10.1. The molecule has 0 bridgehead atoms. The van der Waals surface area contributed by atoms with Gasteiger partial charge in [0, 0.05) is 31.0 Å². The van der Waals surface area contributed by atoms with Crippen LogP contribution in [0.2, 0.25) is 0 Å². The third-order valence-corrected chi connectivity index (χ3v) is 8.04. The third kappa shape index (κ3) is 5.82. The van der Waals surface area contributed by atoms with Crippen molar-refractivity contribution in [3.63, 3.8) is 0 Å². The summed E-state index contributed by atoms with van der Waals surface area (Å²) in [4.78, 5) is 26.6. The molecule has 4 rings (SSSR count). The number of aromatic nitrogens is 2. The number of rotatable bonds is 8. The van der Waals surface area contributed by atoms with E-state index in [2.05, 4.69) is 15.5 Å². The molecule has 0 aliphatic carbocycles. The molecule has 1 aliphatic rings. The summed E-state index contributed by atoms with van der Waals surface area (Å²) in [6, 6.07) is 16.6. The van der Waals surface area contributed by atoms with Crippen molar-refractivity contribution in [3.05, 3.63) is 70.7 Å². The Balaban J connectivity index is 1.32. The molecule has 1 atom stereocenters. The average molecular weight is 485 g/mol. The fourth-order valence-electron chi connectivity index (χ4n) is 3.75. The highest BCUT2D eigenvalue weighted by atomic mass is 32.2. The number of aryl methyl sites for hydroxylation is 1. The lowest BCUT2D eigenvalue weighted by Crippen LogP contribution is -2.25. The monoisotopic (exact) mass is 484 g/mol. The topological polar surface area (TPSA) is 109 Å². The van der Waals surface area contributed by atoms with Gasteiger partial charge >= 0.3 is 0 Å². The van der Waals surface area contributed by atoms with Crippen LogP contribution in [0.1, 0.15) is 34.9 Å². The van der Waals surface area contributed by atoms with Crippen LogP contribution in [-0.4, -0.2) is 42.7 Å². The Morgan fingerprint density at radius 1 is 1.12 bits per heavy atom. The number of hydrogen-bond donors (Lipinski definition) is 1. The third-order valence-electron chi connectivity index (χ3n) is 5.44. The van der Waals surface area contributed by atoms with Gasteiger partial charge in [0.25, 0.3) is 0 Å². The summed E-state index contributed by atoms with van der Waals surface area (Å²) in [7, 11) is -3.41. The number of benzene rings is 2. The largest absolute Gasteiger partial charge is 0.311 e. The highest BCUT2D eigenvalue weighted by Crippen LogP contribution is 2.35. The second kappa shape index (κ2) is 9.80. The molecule has 0 spiro atoms. The van der Waals surface area contributed by atoms with Crippen LogP contribution in [0, 0.1) is 6.92 Å². The lowest BCUT2D eigenvalue weighted by Gasteiger charge is -2.18. The minimum absolute atomic E-state index is 0.0266. The van der Waals surface area contributed by atoms with E-state index in [9.17, 15) is 18.0 Å². The quantitative estimate of drug-likeness (QED) is 0.525. The molecular weight excluding hydrogens is 460 g/mol. The Morgan fingerprint density at radius 3 is 2.61 bits per heavy atom. The van der Waals surface area contributed by atoms with Gasteiger partial charge in [-0.3, -0.25) is 9.59 Å². The van der Waals surface area contributed by atoms with E-state index in [0.29, 0.717) is 28.7 Å². The van der Waals surface area contributed by atoms with Crippen molar-refractivity contribution in [2.75, 3.05) is 22.5 Å². The molecule has 2 amide bonds. The molecule has 172 valence electrons. The number of sulfone groups is 1. The molecule has 10 heteroatoms. The first-order valence-corrected chi connectivity index (χ1v) is 13.2. The summed E-state index contributed by atoms with van der Waals surface area (Å²) in [5.41, 5.74) is 2.61. The molecule has 33 heavy (non-hydrogen) atoms. The highest BCUT2D eigenvalue weighted by Gasteiger charge is 2.34. The van der Waals surface area contributed by atoms with Crippen molar-refractivity contribution in [1.82, 2.24) is 10.2 Å². The predicted molar refractivity (Wildman–Crippen MR) is 128 cm³/mol. The predicted octanol–water partition coefficient (Wildman–Crippen LogP) is 3.31. The number of amides is 2. The molecule has 8 nitrogen and oxygen atoms in total. The van der Waals surface area contributed by atoms with E-state index < -0.39 is 15.7 Å². The molecule has 1 aromatic heterocycles. The van der Waals surface area contributed by atoms with Crippen LogP contribution < -0.4 is 10.2 Å². The summed E-state index contributed by atoms with van der Waals surface area (Å²) >= 11 is 1.22. The molecule has 1 aliphatic heterocycles. The van der Waals surface area contributed by atoms with Gasteiger partial charge in [-0.1, -0.05) is 59.9 Å². The summed E-state index contributed by atoms with van der Waals surface area (Å²) in [5.74, 6) is -0.859. The summed E-state index contributed by atoms with van der Waals surface area (Å²) in [6.07, 6.45) is 0.168. The van der Waals surface area contributed by atoms with Crippen LogP contribution >= 0.6 is 11.3 Å². The Hall–Kier alpha value is -3.11. The van der Waals surface area contributed by atoms with Gasteiger partial charge in [0.2, 0.25) is 16.9 Å². The summed E-state index contributed by atoms with van der Waals surface area (Å²) < 4.78 is 24.6. The van der Waals surface area contributed by atoms with Crippen LogP contribution in [-0.2, 0) is 25.2 Å². The van der Waals surface area contributed by atoms with Crippen LogP contribution in [0.25, 0.3) is 0 Å². The molecule has 2 aromatic carbocycles. The van der Waals surface area contributed by atoms with Gasteiger partial charge < -0.3 is 10.2 Å². The Morgan fingerprint density at radius 2 is 1.85 bits per heavy atom. The minimum Gasteiger partial charge on any atom is -0.311 e. The smallest absolute Gasteiger partial charge is 0.227 e. The number of nitrogens with zero attached hydrogens (tertiary/aromatic N) is 3. The average Bonchev–Trinajstić information content (AvgIpc) is 3.40. The molecule has 1 saturated heterocycles. The second-order valence-electron chi connectivity index (χ2n) is 8.01. The van der Waals surface area contributed by atoms with E-state index in [1.807, 2.05) is 37.3 Å². The summed E-state index contributed by atoms with van der Waals surface area (Å²) in [5, 5.41) is 11.8. The zero-order chi connectivity index (χ0) is 23.4. The second-order valence-corrected chi connectivity index (χ2v) is 11.2. The van der Waals surface area contributed by atoms with Crippen LogP contribution in [0.15, 0.2) is 54.6 Å². The molecule has 1 fully saturated rings. The van der Waals surface area contributed by atoms with Gasteiger partial charge in [0.1, 0.15) is 5.01 Å². The van der Waals surface area contributed by atoms with E-state index >= 15 is 0 Å². The maximum Gasteiger partial charge on any atom is 0.227 e. The van der Waals surface area contributed by atoms with E-state index in [0.717, 1.165) is 11.3 Å². The molecule has 0 saturated carbocycles. The maximum atomic E-state index is 12.6. The standard InChI is InChI=1S/C23H24N4O4S2/c1-16-7-5-6-10-19(16)27-14-18(13-21(27)29)22-25-26-23(32-22)24-20(28)11-12-33(30,31)15-17-8-3-2-4-9-17/h2-10,18H,11-15H2,1H3,(H,24,26,28)/t18-/m1/s1. The Labute approximate surface area is 196 Å². The number of para-hydroxylation sites is 1. The van der Waals surface area contributed by atoms with Gasteiger partial charge in [-0.2, -0.15) is 0 Å². The Kier molecular flexibility index (Phi) is 6.85. The zero-order valence-corrected chi connectivity index (χ0v) is 19.7. The van der Waals surface area contributed by atoms with Crippen molar-refractivity contribution in [2.24, 2.45) is 0 Å². The normalized spacial score (nSPS) is 16.2. The first kappa shape index (κ1) is 23.1. The van der Waals surface area contributed by atoms with E-state index in [1.165, 1.54) is 11.3 Å². The fraction of sp³-hybridized carbons (Fsp3) is 0.304. The van der Waals surface area contributed by atoms with Crippen LogP contribution in [0.4, 0.5) is 10.8 Å². The number of anilines is 2. The van der Waals surface area contributed by atoms with Gasteiger partial charge in [-0.25, -0.2) is 8.42 Å². The molecule has 0 unspecified atom stereocenters. The number of nitrogens with one attached hydrogen (secondary N) is 1. The van der Waals surface area contributed by atoms with Crippen molar-refractivity contribution >= 4 is 43.8 Å². The molecule has 0 radical (unpaired) electrons. The van der Waals surface area contributed by atoms with E-state index in [1.54, 1.807) is 29.2 Å². The molecule has 3 aromatic rings. The molecular formula is C23H24N4O4S2. The zero-order valence-electron chi connectivity index (χ0n) is 18.1. The van der Waals surface area contributed by atoms with E-state index in [-0.39, 0.29) is 29.8 Å². The molecule has 2 heterocycles. The number of hydrogen-bond acceptors (Lipinski definition) is 7.